The molecule has 0 radical (unpaired) electrons. The Morgan fingerprint density at radius 3 is 2.08 bits per heavy atom. The number of allylic oxidation sites excluding steroid dienone is 5. The lowest BCUT2D eigenvalue weighted by atomic mass is 9.90. The number of hydrogen-bond donors (Lipinski definition) is 0. The van der Waals surface area contributed by atoms with E-state index in [0.29, 0.717) is 5.92 Å². The predicted octanol–water partition coefficient (Wildman–Crippen LogP) is 4.71. The molecular formula is C21H23N3. The van der Waals surface area contributed by atoms with Gasteiger partial charge >= 0.3 is 0 Å². The number of nitrogens with zero attached hydrogens (tertiary/aromatic N) is 3. The van der Waals surface area contributed by atoms with E-state index in [1.54, 1.807) is 0 Å². The van der Waals surface area contributed by atoms with Crippen molar-refractivity contribution in [2.45, 2.75) is 20.8 Å². The van der Waals surface area contributed by atoms with Crippen molar-refractivity contribution >= 4 is 11.8 Å². The van der Waals surface area contributed by atoms with Crippen LogP contribution in [0.2, 0.25) is 0 Å². The quantitative estimate of drug-likeness (QED) is 0.758. The first-order chi connectivity index (χ1) is 11.4. The van der Waals surface area contributed by atoms with Crippen molar-refractivity contribution in [3.05, 3.63) is 58.2 Å². The molecule has 0 saturated carbocycles. The van der Waals surface area contributed by atoms with E-state index in [1.165, 1.54) is 11.3 Å². The van der Waals surface area contributed by atoms with E-state index < -0.39 is 0 Å². The van der Waals surface area contributed by atoms with Gasteiger partial charge in [-0.1, -0.05) is 38.1 Å². The SMILES string of the molecule is CC1=C(/C=C/c2ccc(N(C)C)cc2)C(C)C(C)C1=C(C#N)C#N. The number of hydrogen-bond acceptors (Lipinski definition) is 3. The Kier molecular flexibility index (Phi) is 5.27. The van der Waals surface area contributed by atoms with Crippen LogP contribution in [0.1, 0.15) is 26.3 Å². The summed E-state index contributed by atoms with van der Waals surface area (Å²) in [5, 5.41) is 18.4. The van der Waals surface area contributed by atoms with Crippen LogP contribution in [0.15, 0.2) is 52.6 Å². The Labute approximate surface area is 144 Å². The lowest BCUT2D eigenvalue weighted by Crippen LogP contribution is -2.07. The Morgan fingerprint density at radius 1 is 1.00 bits per heavy atom. The van der Waals surface area contributed by atoms with Crippen molar-refractivity contribution in [3.63, 3.8) is 0 Å². The van der Waals surface area contributed by atoms with E-state index in [4.69, 9.17) is 0 Å². The summed E-state index contributed by atoms with van der Waals surface area (Å²) in [7, 11) is 4.05. The molecule has 122 valence electrons. The summed E-state index contributed by atoms with van der Waals surface area (Å²) in [6, 6.07) is 12.5. The molecule has 0 fully saturated rings. The van der Waals surface area contributed by atoms with Crippen LogP contribution in [0, 0.1) is 34.5 Å². The van der Waals surface area contributed by atoms with Gasteiger partial charge in [-0.2, -0.15) is 10.5 Å². The van der Waals surface area contributed by atoms with Gasteiger partial charge in [0.1, 0.15) is 17.7 Å². The van der Waals surface area contributed by atoms with Crippen LogP contribution >= 0.6 is 0 Å². The monoisotopic (exact) mass is 317 g/mol. The van der Waals surface area contributed by atoms with Gasteiger partial charge in [0.25, 0.3) is 0 Å². The zero-order chi connectivity index (χ0) is 17.9. The maximum absolute atomic E-state index is 9.20. The molecule has 0 amide bonds. The van der Waals surface area contributed by atoms with Gasteiger partial charge in [0, 0.05) is 19.8 Å². The molecule has 0 saturated heterocycles. The molecule has 0 heterocycles. The third-order valence-electron chi connectivity index (χ3n) is 4.89. The number of rotatable bonds is 3. The van der Waals surface area contributed by atoms with Crippen LogP contribution in [0.5, 0.6) is 0 Å². The number of nitriles is 2. The third-order valence-corrected chi connectivity index (χ3v) is 4.89. The van der Waals surface area contributed by atoms with E-state index in [1.807, 2.05) is 33.2 Å². The average molecular weight is 317 g/mol. The summed E-state index contributed by atoms with van der Waals surface area (Å²) in [6.07, 6.45) is 4.23. The summed E-state index contributed by atoms with van der Waals surface area (Å²) in [4.78, 5) is 2.07. The highest BCUT2D eigenvalue weighted by Crippen LogP contribution is 2.43. The Bertz CT molecular complexity index is 777. The second-order valence-corrected chi connectivity index (χ2v) is 6.49. The van der Waals surface area contributed by atoms with E-state index >= 15 is 0 Å². The van der Waals surface area contributed by atoms with Crippen molar-refractivity contribution in [1.82, 2.24) is 0 Å². The Hall–Kier alpha value is -2.78. The molecule has 2 rings (SSSR count). The molecule has 0 aromatic heterocycles. The van der Waals surface area contributed by atoms with Crippen LogP contribution in [-0.2, 0) is 0 Å². The largest absolute Gasteiger partial charge is 0.378 e. The van der Waals surface area contributed by atoms with E-state index in [0.717, 1.165) is 16.7 Å². The van der Waals surface area contributed by atoms with Gasteiger partial charge in [0.2, 0.25) is 0 Å². The minimum atomic E-state index is 0.190. The maximum atomic E-state index is 9.20. The minimum Gasteiger partial charge on any atom is -0.378 e. The first-order valence-electron chi connectivity index (χ1n) is 8.11. The summed E-state index contributed by atoms with van der Waals surface area (Å²) >= 11 is 0. The predicted molar refractivity (Wildman–Crippen MR) is 99.1 cm³/mol. The molecule has 3 nitrogen and oxygen atoms in total. The van der Waals surface area contributed by atoms with Gasteiger partial charge in [-0.25, -0.2) is 0 Å². The fourth-order valence-corrected chi connectivity index (χ4v) is 3.26. The van der Waals surface area contributed by atoms with Crippen LogP contribution in [0.25, 0.3) is 6.08 Å². The molecule has 1 aromatic rings. The topological polar surface area (TPSA) is 50.8 Å². The fourth-order valence-electron chi connectivity index (χ4n) is 3.26. The summed E-state index contributed by atoms with van der Waals surface area (Å²) in [6.45, 7) is 6.26. The molecular weight excluding hydrogens is 294 g/mol. The Morgan fingerprint density at radius 2 is 1.58 bits per heavy atom. The summed E-state index contributed by atoms with van der Waals surface area (Å²) in [5.41, 5.74) is 5.72. The minimum absolute atomic E-state index is 0.190. The number of anilines is 1. The third kappa shape index (κ3) is 3.26. The zero-order valence-electron chi connectivity index (χ0n) is 15.0. The van der Waals surface area contributed by atoms with Crippen molar-refractivity contribution in [3.8, 4) is 12.1 Å². The van der Waals surface area contributed by atoms with Crippen molar-refractivity contribution in [2.75, 3.05) is 19.0 Å². The van der Waals surface area contributed by atoms with Crippen LogP contribution < -0.4 is 4.90 Å². The Balaban J connectivity index is 2.36. The smallest absolute Gasteiger partial charge is 0.133 e. The second kappa shape index (κ2) is 7.20. The fraction of sp³-hybridized carbons (Fsp3) is 0.333. The van der Waals surface area contributed by atoms with E-state index in [-0.39, 0.29) is 11.5 Å². The molecule has 24 heavy (non-hydrogen) atoms. The molecule has 1 aromatic carbocycles. The first-order valence-corrected chi connectivity index (χ1v) is 8.11. The first kappa shape index (κ1) is 17.6. The van der Waals surface area contributed by atoms with Gasteiger partial charge in [-0.3, -0.25) is 0 Å². The number of benzene rings is 1. The molecule has 1 aliphatic rings. The van der Waals surface area contributed by atoms with Gasteiger partial charge in [-0.15, -0.1) is 0 Å². The van der Waals surface area contributed by atoms with Gasteiger partial charge in [-0.05, 0) is 53.2 Å². The lowest BCUT2D eigenvalue weighted by Gasteiger charge is -2.13. The van der Waals surface area contributed by atoms with Crippen molar-refractivity contribution in [2.24, 2.45) is 11.8 Å². The summed E-state index contributed by atoms with van der Waals surface area (Å²) in [5.74, 6) is 0.490. The molecule has 0 spiro atoms. The van der Waals surface area contributed by atoms with Crippen LogP contribution in [-0.4, -0.2) is 14.1 Å². The van der Waals surface area contributed by atoms with Crippen molar-refractivity contribution in [1.29, 1.82) is 10.5 Å². The van der Waals surface area contributed by atoms with Crippen molar-refractivity contribution < 1.29 is 0 Å². The standard InChI is InChI=1S/C21H23N3/c1-14-15(2)21(18(12-22)13-23)16(3)20(14)11-8-17-6-9-19(10-7-17)24(4)5/h6-11,14-15H,1-5H3/b11-8+. The molecule has 1 aliphatic carbocycles. The van der Waals surface area contributed by atoms with Gasteiger partial charge in [0.05, 0.1) is 0 Å². The molecule has 0 N–H and O–H groups in total. The maximum Gasteiger partial charge on any atom is 0.133 e. The normalized spacial score (nSPS) is 20.2. The zero-order valence-corrected chi connectivity index (χ0v) is 15.0. The molecule has 0 aliphatic heterocycles. The average Bonchev–Trinajstić information content (AvgIpc) is 2.78. The summed E-state index contributed by atoms with van der Waals surface area (Å²) < 4.78 is 0. The highest BCUT2D eigenvalue weighted by Gasteiger charge is 2.31. The highest BCUT2D eigenvalue weighted by molar-refractivity contribution is 5.62. The highest BCUT2D eigenvalue weighted by atomic mass is 15.1. The van der Waals surface area contributed by atoms with Crippen LogP contribution in [0.4, 0.5) is 5.69 Å². The molecule has 0 bridgehead atoms. The van der Waals surface area contributed by atoms with Crippen LogP contribution in [0.3, 0.4) is 0 Å². The van der Waals surface area contributed by atoms with E-state index in [9.17, 15) is 10.5 Å². The molecule has 2 unspecified atom stereocenters. The lowest BCUT2D eigenvalue weighted by molar-refractivity contribution is 0.547. The van der Waals surface area contributed by atoms with Gasteiger partial charge < -0.3 is 4.90 Å². The second-order valence-electron chi connectivity index (χ2n) is 6.49. The van der Waals surface area contributed by atoms with E-state index in [2.05, 4.69) is 55.2 Å². The molecule has 2 atom stereocenters. The van der Waals surface area contributed by atoms with Gasteiger partial charge in [0.15, 0.2) is 0 Å². The molecule has 3 heteroatoms.